The average Bonchev–Trinajstić information content (AvgIpc) is 2.54. The van der Waals surface area contributed by atoms with Crippen LogP contribution >= 0.6 is 0 Å². The molecule has 3 rings (SSSR count). The number of pyridine rings is 1. The number of hydrogen-bond acceptors (Lipinski definition) is 4. The van der Waals surface area contributed by atoms with Crippen molar-refractivity contribution < 1.29 is 5.11 Å². The number of rotatable bonds is 4. The fourth-order valence-electron chi connectivity index (χ4n) is 3.55. The number of fused-ring (bicyclic) bond motifs is 1. The zero-order valence-electron chi connectivity index (χ0n) is 13.5. The summed E-state index contributed by atoms with van der Waals surface area (Å²) >= 11 is 0. The van der Waals surface area contributed by atoms with Gasteiger partial charge in [0, 0.05) is 48.4 Å². The van der Waals surface area contributed by atoms with Crippen LogP contribution < -0.4 is 10.2 Å². The van der Waals surface area contributed by atoms with Crippen LogP contribution in [0.25, 0.3) is 10.8 Å². The van der Waals surface area contributed by atoms with Crippen LogP contribution in [0.1, 0.15) is 31.4 Å². The van der Waals surface area contributed by atoms with Gasteiger partial charge < -0.3 is 15.3 Å². The topological polar surface area (TPSA) is 48.4 Å². The van der Waals surface area contributed by atoms with Gasteiger partial charge in [-0.2, -0.15) is 0 Å². The molecule has 1 unspecified atom stereocenters. The maximum atomic E-state index is 9.38. The molecule has 22 heavy (non-hydrogen) atoms. The lowest BCUT2D eigenvalue weighted by molar-refractivity contribution is 0.262. The van der Waals surface area contributed by atoms with Crippen molar-refractivity contribution >= 4 is 22.3 Å². The van der Waals surface area contributed by atoms with E-state index >= 15 is 0 Å². The Kier molecular flexibility index (Phi) is 4.48. The zero-order chi connectivity index (χ0) is 15.5. The first-order valence-corrected chi connectivity index (χ1v) is 8.20. The molecular weight excluding hydrogens is 274 g/mol. The fraction of sp³-hybridized carbons (Fsp3) is 0.500. The number of aryl methyl sites for hydroxylation is 1. The number of anilines is 2. The molecule has 2 aromatic rings. The van der Waals surface area contributed by atoms with Crippen LogP contribution in [0.5, 0.6) is 0 Å². The Hall–Kier alpha value is -1.81. The van der Waals surface area contributed by atoms with Gasteiger partial charge in [-0.1, -0.05) is 12.1 Å². The van der Waals surface area contributed by atoms with Crippen LogP contribution in [0.3, 0.4) is 0 Å². The third-order valence-corrected chi connectivity index (χ3v) is 4.61. The van der Waals surface area contributed by atoms with E-state index in [1.165, 1.54) is 23.6 Å². The molecule has 0 bridgehead atoms. The number of benzene rings is 1. The average molecular weight is 299 g/mol. The van der Waals surface area contributed by atoms with E-state index in [1.807, 2.05) is 7.05 Å². The summed E-state index contributed by atoms with van der Waals surface area (Å²) in [5.74, 6) is 1.07. The molecule has 0 radical (unpaired) electrons. The van der Waals surface area contributed by atoms with Gasteiger partial charge in [-0.25, -0.2) is 4.98 Å². The lowest BCUT2D eigenvalue weighted by Crippen LogP contribution is -2.40. The molecule has 0 saturated carbocycles. The molecule has 2 heterocycles. The summed E-state index contributed by atoms with van der Waals surface area (Å²) in [5.41, 5.74) is 2.18. The molecule has 0 amide bonds. The Labute approximate surface area is 132 Å². The monoisotopic (exact) mass is 299 g/mol. The van der Waals surface area contributed by atoms with Crippen molar-refractivity contribution in [2.24, 2.45) is 0 Å². The molecule has 118 valence electrons. The van der Waals surface area contributed by atoms with E-state index in [-0.39, 0.29) is 6.61 Å². The maximum Gasteiger partial charge on any atom is 0.137 e. The van der Waals surface area contributed by atoms with E-state index < -0.39 is 0 Å². The fourth-order valence-corrected chi connectivity index (χ4v) is 3.55. The van der Waals surface area contributed by atoms with Crippen LogP contribution in [0.15, 0.2) is 24.3 Å². The molecule has 1 aromatic carbocycles. The zero-order valence-corrected chi connectivity index (χ0v) is 13.5. The van der Waals surface area contributed by atoms with E-state index in [9.17, 15) is 5.11 Å². The van der Waals surface area contributed by atoms with E-state index in [0.29, 0.717) is 6.04 Å². The van der Waals surface area contributed by atoms with Gasteiger partial charge in [0.15, 0.2) is 0 Å². The van der Waals surface area contributed by atoms with Crippen LogP contribution in [-0.4, -0.2) is 36.3 Å². The maximum absolute atomic E-state index is 9.38. The predicted molar refractivity (Wildman–Crippen MR) is 92.7 cm³/mol. The van der Waals surface area contributed by atoms with Gasteiger partial charge in [0.1, 0.15) is 5.82 Å². The first kappa shape index (κ1) is 15.1. The molecule has 0 spiro atoms. The second-order valence-corrected chi connectivity index (χ2v) is 6.09. The largest absolute Gasteiger partial charge is 0.396 e. The minimum absolute atomic E-state index is 0.243. The SMILES string of the molecule is CNc1cccc2c(N3CCCCC3CCO)nc(C)cc12. The van der Waals surface area contributed by atoms with Gasteiger partial charge in [-0.15, -0.1) is 0 Å². The first-order chi connectivity index (χ1) is 10.7. The van der Waals surface area contributed by atoms with Crippen molar-refractivity contribution in [1.82, 2.24) is 4.98 Å². The van der Waals surface area contributed by atoms with Crippen molar-refractivity contribution in [2.75, 3.05) is 30.4 Å². The molecule has 1 atom stereocenters. The smallest absolute Gasteiger partial charge is 0.137 e. The summed E-state index contributed by atoms with van der Waals surface area (Å²) in [6.45, 7) is 3.33. The molecule has 4 nitrogen and oxygen atoms in total. The number of nitrogens with one attached hydrogen (secondary N) is 1. The molecule has 2 N–H and O–H groups in total. The lowest BCUT2D eigenvalue weighted by atomic mass is 9.98. The van der Waals surface area contributed by atoms with Crippen LogP contribution in [0, 0.1) is 6.92 Å². The van der Waals surface area contributed by atoms with Crippen molar-refractivity contribution in [3.63, 3.8) is 0 Å². The Morgan fingerprint density at radius 2 is 2.18 bits per heavy atom. The minimum Gasteiger partial charge on any atom is -0.396 e. The second kappa shape index (κ2) is 6.53. The van der Waals surface area contributed by atoms with Gasteiger partial charge in [-0.05, 0) is 44.7 Å². The van der Waals surface area contributed by atoms with E-state index in [0.717, 1.165) is 36.6 Å². The number of nitrogens with zero attached hydrogens (tertiary/aromatic N) is 2. The van der Waals surface area contributed by atoms with E-state index in [2.05, 4.69) is 41.4 Å². The van der Waals surface area contributed by atoms with Crippen molar-refractivity contribution in [2.45, 2.75) is 38.6 Å². The summed E-state index contributed by atoms with van der Waals surface area (Å²) in [6, 6.07) is 8.89. The Bertz CT molecular complexity index is 654. The van der Waals surface area contributed by atoms with Crippen LogP contribution in [0.4, 0.5) is 11.5 Å². The Morgan fingerprint density at radius 1 is 1.32 bits per heavy atom. The molecule has 0 aliphatic carbocycles. The molecule has 1 saturated heterocycles. The van der Waals surface area contributed by atoms with Gasteiger partial charge in [0.05, 0.1) is 0 Å². The minimum atomic E-state index is 0.243. The number of hydrogen-bond donors (Lipinski definition) is 2. The third-order valence-electron chi connectivity index (χ3n) is 4.61. The van der Waals surface area contributed by atoms with Crippen LogP contribution in [0.2, 0.25) is 0 Å². The summed E-state index contributed by atoms with van der Waals surface area (Å²) in [7, 11) is 1.96. The quantitative estimate of drug-likeness (QED) is 0.909. The first-order valence-electron chi connectivity index (χ1n) is 8.20. The lowest BCUT2D eigenvalue weighted by Gasteiger charge is -2.37. The van der Waals surface area contributed by atoms with Gasteiger partial charge in [0.2, 0.25) is 0 Å². The van der Waals surface area contributed by atoms with Crippen molar-refractivity contribution in [1.29, 1.82) is 0 Å². The molecular formula is C18H25N3O. The normalized spacial score (nSPS) is 18.7. The summed E-state index contributed by atoms with van der Waals surface area (Å²) < 4.78 is 0. The number of aromatic nitrogens is 1. The van der Waals surface area contributed by atoms with Gasteiger partial charge in [-0.3, -0.25) is 0 Å². The summed E-state index contributed by atoms with van der Waals surface area (Å²) in [6.07, 6.45) is 4.41. The molecule has 1 aromatic heterocycles. The Balaban J connectivity index is 2.12. The van der Waals surface area contributed by atoms with Crippen molar-refractivity contribution in [3.05, 3.63) is 30.0 Å². The highest BCUT2D eigenvalue weighted by atomic mass is 16.3. The van der Waals surface area contributed by atoms with E-state index in [1.54, 1.807) is 0 Å². The number of aliphatic hydroxyl groups is 1. The predicted octanol–water partition coefficient (Wildman–Crippen LogP) is 3.33. The van der Waals surface area contributed by atoms with Gasteiger partial charge in [0.25, 0.3) is 0 Å². The number of piperidine rings is 1. The number of aliphatic hydroxyl groups excluding tert-OH is 1. The van der Waals surface area contributed by atoms with Crippen LogP contribution in [-0.2, 0) is 0 Å². The molecule has 1 aliphatic rings. The highest BCUT2D eigenvalue weighted by molar-refractivity contribution is 6.00. The standard InChI is InChI=1S/C18H25N3O/c1-13-12-16-15(7-5-8-17(16)19-2)18(20-13)21-10-4-3-6-14(21)9-11-22/h5,7-8,12,14,19,22H,3-4,6,9-11H2,1-2H3. The Morgan fingerprint density at radius 3 is 2.95 bits per heavy atom. The third kappa shape index (κ3) is 2.75. The highest BCUT2D eigenvalue weighted by Gasteiger charge is 2.25. The molecule has 1 aliphatic heterocycles. The highest BCUT2D eigenvalue weighted by Crippen LogP contribution is 2.34. The summed E-state index contributed by atoms with van der Waals surface area (Å²) in [4.78, 5) is 7.26. The molecule has 1 fully saturated rings. The van der Waals surface area contributed by atoms with Gasteiger partial charge >= 0.3 is 0 Å². The van der Waals surface area contributed by atoms with Crippen molar-refractivity contribution in [3.8, 4) is 0 Å². The molecule has 4 heteroatoms. The second-order valence-electron chi connectivity index (χ2n) is 6.09. The van der Waals surface area contributed by atoms with E-state index in [4.69, 9.17) is 4.98 Å². The summed E-state index contributed by atoms with van der Waals surface area (Å²) in [5, 5.41) is 15.1.